The summed E-state index contributed by atoms with van der Waals surface area (Å²) in [6.07, 6.45) is 0. The molecule has 1 rings (SSSR count). The molecule has 1 N–H and O–H groups in total. The second kappa shape index (κ2) is 5.37. The summed E-state index contributed by atoms with van der Waals surface area (Å²) in [6.45, 7) is 1.75. The molecule has 5 heteroatoms. The summed E-state index contributed by atoms with van der Waals surface area (Å²) < 4.78 is 5.00. The number of amides is 1. The van der Waals surface area contributed by atoms with Gasteiger partial charge in [0.1, 0.15) is 5.75 Å². The number of carbonyl (C=O) groups excluding carboxylic acids is 1. The van der Waals surface area contributed by atoms with Crippen LogP contribution in [0.25, 0.3) is 0 Å². The topological polar surface area (TPSA) is 38.3 Å². The van der Waals surface area contributed by atoms with Crippen LogP contribution in [-0.2, 0) is 4.79 Å². The highest BCUT2D eigenvalue weighted by Crippen LogP contribution is 2.27. The molecule has 1 aromatic rings. The second-order valence-electron chi connectivity index (χ2n) is 2.95. The lowest BCUT2D eigenvalue weighted by Gasteiger charge is -2.08. The van der Waals surface area contributed by atoms with Crippen molar-refractivity contribution < 1.29 is 9.53 Å². The first-order chi connectivity index (χ1) is 7.04. The van der Waals surface area contributed by atoms with E-state index in [1.165, 1.54) is 0 Å². The van der Waals surface area contributed by atoms with Crippen LogP contribution < -0.4 is 10.1 Å². The Labute approximate surface area is 102 Å². The van der Waals surface area contributed by atoms with Gasteiger partial charge in [0.15, 0.2) is 0 Å². The molecule has 0 radical (unpaired) electrons. The molecule has 0 saturated heterocycles. The molecule has 0 fully saturated rings. The highest BCUT2D eigenvalue weighted by Gasteiger charge is 2.09. The van der Waals surface area contributed by atoms with Crippen LogP contribution in [-0.4, -0.2) is 17.8 Å². The van der Waals surface area contributed by atoms with Crippen LogP contribution in [0.2, 0.25) is 5.02 Å². The third-order valence-corrected chi connectivity index (χ3v) is 2.49. The van der Waals surface area contributed by atoms with Gasteiger partial charge in [-0.1, -0.05) is 27.5 Å². The van der Waals surface area contributed by atoms with Gasteiger partial charge in [0.2, 0.25) is 5.91 Å². The fourth-order valence-corrected chi connectivity index (χ4v) is 1.36. The quantitative estimate of drug-likeness (QED) is 0.870. The summed E-state index contributed by atoms with van der Waals surface area (Å²) >= 11 is 9.08. The van der Waals surface area contributed by atoms with E-state index in [0.29, 0.717) is 16.5 Å². The van der Waals surface area contributed by atoms with Crippen LogP contribution in [0.3, 0.4) is 0 Å². The maximum absolute atomic E-state index is 11.3. The van der Waals surface area contributed by atoms with Crippen LogP contribution in [0.5, 0.6) is 5.75 Å². The molecule has 3 nitrogen and oxygen atoms in total. The van der Waals surface area contributed by atoms with Crippen molar-refractivity contribution in [3.8, 4) is 5.75 Å². The third kappa shape index (κ3) is 3.39. The summed E-state index contributed by atoms with van der Waals surface area (Å²) in [5.74, 6) is 0.470. The zero-order valence-corrected chi connectivity index (χ0v) is 10.7. The number of nitrogens with one attached hydrogen (secondary N) is 1. The van der Waals surface area contributed by atoms with E-state index in [2.05, 4.69) is 21.2 Å². The molecule has 15 heavy (non-hydrogen) atoms. The van der Waals surface area contributed by atoms with Crippen LogP contribution in [0.1, 0.15) is 6.92 Å². The Kier molecular flexibility index (Phi) is 4.42. The van der Waals surface area contributed by atoms with Gasteiger partial charge >= 0.3 is 0 Å². The van der Waals surface area contributed by atoms with Gasteiger partial charge in [-0.15, -0.1) is 0 Å². The van der Waals surface area contributed by atoms with Crippen LogP contribution >= 0.6 is 27.5 Å². The summed E-state index contributed by atoms with van der Waals surface area (Å²) in [4.78, 5) is 11.1. The standard InChI is InChI=1S/C10H11BrClNO2/c1-6(11)10(14)13-7-3-4-9(15-2)8(12)5-7/h3-6H,1-2H3,(H,13,14). The number of rotatable bonds is 3. The first-order valence-electron chi connectivity index (χ1n) is 4.33. The number of hydrogen-bond acceptors (Lipinski definition) is 2. The minimum Gasteiger partial charge on any atom is -0.495 e. The molecule has 0 aliphatic heterocycles. The Bertz CT molecular complexity index is 368. The predicted molar refractivity (Wildman–Crippen MR) is 65.0 cm³/mol. The van der Waals surface area contributed by atoms with Crippen molar-refractivity contribution in [1.82, 2.24) is 0 Å². The number of hydrogen-bond donors (Lipinski definition) is 1. The van der Waals surface area contributed by atoms with E-state index in [1.54, 1.807) is 32.2 Å². The highest BCUT2D eigenvalue weighted by atomic mass is 79.9. The normalized spacial score (nSPS) is 12.0. The van der Waals surface area contributed by atoms with Gasteiger partial charge in [0.05, 0.1) is 17.0 Å². The van der Waals surface area contributed by atoms with Crippen molar-refractivity contribution in [1.29, 1.82) is 0 Å². The molecular weight excluding hydrogens is 281 g/mol. The molecule has 1 amide bonds. The van der Waals surface area contributed by atoms with Crippen molar-refractivity contribution in [3.63, 3.8) is 0 Å². The Morgan fingerprint density at radius 3 is 2.73 bits per heavy atom. The monoisotopic (exact) mass is 291 g/mol. The first-order valence-corrected chi connectivity index (χ1v) is 5.62. The van der Waals surface area contributed by atoms with Gasteiger partial charge < -0.3 is 10.1 Å². The average molecular weight is 293 g/mol. The van der Waals surface area contributed by atoms with E-state index in [1.807, 2.05) is 0 Å². The highest BCUT2D eigenvalue weighted by molar-refractivity contribution is 9.10. The Balaban J connectivity index is 2.80. The second-order valence-corrected chi connectivity index (χ2v) is 4.74. The molecule has 1 unspecified atom stereocenters. The maximum atomic E-state index is 11.3. The zero-order valence-electron chi connectivity index (χ0n) is 8.38. The van der Waals surface area contributed by atoms with Crippen molar-refractivity contribution in [3.05, 3.63) is 23.2 Å². The molecular formula is C10H11BrClNO2. The molecule has 0 spiro atoms. The number of benzene rings is 1. The van der Waals surface area contributed by atoms with Crippen molar-refractivity contribution in [2.24, 2.45) is 0 Å². The van der Waals surface area contributed by atoms with Gasteiger partial charge in [-0.25, -0.2) is 0 Å². The van der Waals surface area contributed by atoms with Crippen molar-refractivity contribution >= 4 is 39.1 Å². The number of carbonyl (C=O) groups is 1. The number of alkyl halides is 1. The number of halogens is 2. The lowest BCUT2D eigenvalue weighted by Crippen LogP contribution is -2.19. The van der Waals surface area contributed by atoms with Gasteiger partial charge in [-0.05, 0) is 25.1 Å². The maximum Gasteiger partial charge on any atom is 0.237 e. The van der Waals surface area contributed by atoms with Crippen molar-refractivity contribution in [2.75, 3.05) is 12.4 Å². The predicted octanol–water partition coefficient (Wildman–Crippen LogP) is 3.07. The number of anilines is 1. The lowest BCUT2D eigenvalue weighted by molar-refractivity contribution is -0.115. The van der Waals surface area contributed by atoms with E-state index in [0.717, 1.165) is 0 Å². The van der Waals surface area contributed by atoms with E-state index < -0.39 is 0 Å². The van der Waals surface area contributed by atoms with Crippen LogP contribution in [0, 0.1) is 0 Å². The smallest absolute Gasteiger partial charge is 0.237 e. The van der Waals surface area contributed by atoms with E-state index in [9.17, 15) is 4.79 Å². The van der Waals surface area contributed by atoms with Gasteiger partial charge in [0.25, 0.3) is 0 Å². The molecule has 0 aliphatic carbocycles. The third-order valence-electron chi connectivity index (χ3n) is 1.78. The Morgan fingerprint density at radius 2 is 2.27 bits per heavy atom. The van der Waals surface area contributed by atoms with Gasteiger partial charge in [0, 0.05) is 5.69 Å². The fraction of sp³-hybridized carbons (Fsp3) is 0.300. The van der Waals surface area contributed by atoms with Gasteiger partial charge in [-0.2, -0.15) is 0 Å². The molecule has 1 atom stereocenters. The number of ether oxygens (including phenoxy) is 1. The molecule has 0 heterocycles. The molecule has 0 saturated carbocycles. The number of methoxy groups -OCH3 is 1. The first kappa shape index (κ1) is 12.3. The van der Waals surface area contributed by atoms with E-state index in [-0.39, 0.29) is 10.7 Å². The van der Waals surface area contributed by atoms with E-state index in [4.69, 9.17) is 16.3 Å². The summed E-state index contributed by atoms with van der Waals surface area (Å²) in [5, 5.41) is 3.18. The van der Waals surface area contributed by atoms with Crippen LogP contribution in [0.4, 0.5) is 5.69 Å². The molecule has 82 valence electrons. The molecule has 0 aromatic heterocycles. The SMILES string of the molecule is COc1ccc(NC(=O)C(C)Br)cc1Cl. The Morgan fingerprint density at radius 1 is 1.60 bits per heavy atom. The summed E-state index contributed by atoms with van der Waals surface area (Å²) in [6, 6.07) is 5.09. The minimum absolute atomic E-state index is 0.115. The molecule has 0 aliphatic rings. The van der Waals surface area contributed by atoms with Crippen molar-refractivity contribution in [2.45, 2.75) is 11.8 Å². The zero-order chi connectivity index (χ0) is 11.4. The Hall–Kier alpha value is -0.740. The fourth-order valence-electron chi connectivity index (χ4n) is 0.986. The summed E-state index contributed by atoms with van der Waals surface area (Å²) in [7, 11) is 1.54. The summed E-state index contributed by atoms with van der Waals surface area (Å²) in [5.41, 5.74) is 0.650. The molecule has 1 aromatic carbocycles. The van der Waals surface area contributed by atoms with E-state index >= 15 is 0 Å². The lowest BCUT2D eigenvalue weighted by atomic mass is 10.3. The molecule has 0 bridgehead atoms. The minimum atomic E-state index is -0.238. The largest absolute Gasteiger partial charge is 0.495 e. The van der Waals surface area contributed by atoms with Crippen LogP contribution in [0.15, 0.2) is 18.2 Å². The average Bonchev–Trinajstić information content (AvgIpc) is 2.18. The van der Waals surface area contributed by atoms with Gasteiger partial charge in [-0.3, -0.25) is 4.79 Å².